The molecular weight excluding hydrogens is 418 g/mol. The third-order valence-electron chi connectivity index (χ3n) is 3.59. The van der Waals surface area contributed by atoms with E-state index < -0.39 is 17.6 Å². The van der Waals surface area contributed by atoms with Crippen molar-refractivity contribution in [3.8, 4) is 11.6 Å². The van der Waals surface area contributed by atoms with Gasteiger partial charge < -0.3 is 10.1 Å². The van der Waals surface area contributed by atoms with E-state index in [0.717, 1.165) is 12.1 Å². The second-order valence-electron chi connectivity index (χ2n) is 5.73. The average molecular weight is 430 g/mol. The van der Waals surface area contributed by atoms with Gasteiger partial charge in [0.2, 0.25) is 0 Å². The highest BCUT2D eigenvalue weighted by Gasteiger charge is 2.31. The highest BCUT2D eigenvalue weighted by Crippen LogP contribution is 2.33. The fraction of sp³-hybridized carbons (Fsp3) is 0.111. The largest absolute Gasteiger partial charge is 0.437 e. The lowest BCUT2D eigenvalue weighted by molar-refractivity contribution is -0.137. The van der Waals surface area contributed by atoms with Gasteiger partial charge in [-0.25, -0.2) is 0 Å². The van der Waals surface area contributed by atoms with Crippen molar-refractivity contribution in [1.82, 2.24) is 9.78 Å². The minimum Gasteiger partial charge on any atom is -0.437 e. The normalized spacial score (nSPS) is 11.4. The molecule has 2 aromatic carbocycles. The predicted molar refractivity (Wildman–Crippen MR) is 99.1 cm³/mol. The molecule has 146 valence electrons. The van der Waals surface area contributed by atoms with Gasteiger partial charge in [0.1, 0.15) is 11.3 Å². The Bertz CT molecular complexity index is 1040. The number of nitrogens with one attached hydrogen (secondary N) is 1. The van der Waals surface area contributed by atoms with Crippen molar-refractivity contribution in [3.05, 3.63) is 69.8 Å². The minimum absolute atomic E-state index is 0.0333. The van der Waals surface area contributed by atoms with Crippen LogP contribution in [0.15, 0.2) is 48.7 Å². The summed E-state index contributed by atoms with van der Waals surface area (Å²) in [5.41, 5.74) is -0.456. The maximum Gasteiger partial charge on any atom is 0.416 e. The van der Waals surface area contributed by atoms with E-state index in [9.17, 15) is 18.0 Å². The van der Waals surface area contributed by atoms with Gasteiger partial charge in [0.05, 0.1) is 15.6 Å². The number of alkyl halides is 3. The van der Waals surface area contributed by atoms with E-state index in [4.69, 9.17) is 27.9 Å². The SMILES string of the molecule is Cn1cc(C(=O)Nc2ccc(Cl)c(Cl)c2)c(Oc2cccc(C(F)(F)F)c2)n1. The number of halogens is 5. The number of carbonyl (C=O) groups is 1. The molecule has 0 bridgehead atoms. The van der Waals surface area contributed by atoms with Crippen molar-refractivity contribution < 1.29 is 22.7 Å². The predicted octanol–water partition coefficient (Wildman–Crippen LogP) is 5.79. The Kier molecular flexibility index (Phi) is 5.53. The summed E-state index contributed by atoms with van der Waals surface area (Å²) < 4.78 is 45.3. The lowest BCUT2D eigenvalue weighted by Gasteiger charge is -2.10. The van der Waals surface area contributed by atoms with Crippen LogP contribution < -0.4 is 10.1 Å². The molecule has 0 unspecified atom stereocenters. The van der Waals surface area contributed by atoms with E-state index in [1.807, 2.05) is 0 Å². The maximum absolute atomic E-state index is 12.9. The van der Waals surface area contributed by atoms with Gasteiger partial charge in [-0.2, -0.15) is 13.2 Å². The molecule has 1 amide bonds. The molecular formula is C18H12Cl2F3N3O2. The fourth-order valence-corrected chi connectivity index (χ4v) is 2.62. The van der Waals surface area contributed by atoms with Gasteiger partial charge >= 0.3 is 6.18 Å². The molecule has 0 fully saturated rings. The molecule has 10 heteroatoms. The van der Waals surface area contributed by atoms with Crippen LogP contribution in [0.2, 0.25) is 10.0 Å². The number of ether oxygens (including phenoxy) is 1. The van der Waals surface area contributed by atoms with E-state index in [-0.39, 0.29) is 22.2 Å². The highest BCUT2D eigenvalue weighted by atomic mass is 35.5. The zero-order valence-electron chi connectivity index (χ0n) is 14.2. The Morgan fingerprint density at radius 1 is 1.14 bits per heavy atom. The zero-order chi connectivity index (χ0) is 20.5. The summed E-state index contributed by atoms with van der Waals surface area (Å²) in [6.45, 7) is 0. The van der Waals surface area contributed by atoms with Crippen molar-refractivity contribution >= 4 is 34.8 Å². The second-order valence-corrected chi connectivity index (χ2v) is 6.55. The standard InChI is InChI=1S/C18H12Cl2F3N3O2/c1-26-9-13(16(27)24-11-5-6-14(19)15(20)8-11)17(25-26)28-12-4-2-3-10(7-12)18(21,22)23/h2-9H,1H3,(H,24,27). The lowest BCUT2D eigenvalue weighted by atomic mass is 10.2. The first kappa shape index (κ1) is 20.0. The van der Waals surface area contributed by atoms with Crippen LogP contribution in [0.4, 0.5) is 18.9 Å². The molecule has 0 radical (unpaired) electrons. The number of nitrogens with zero attached hydrogens (tertiary/aromatic N) is 2. The molecule has 1 heterocycles. The molecule has 0 aliphatic carbocycles. The summed E-state index contributed by atoms with van der Waals surface area (Å²) >= 11 is 11.8. The molecule has 3 aromatic rings. The quantitative estimate of drug-likeness (QED) is 0.570. The summed E-state index contributed by atoms with van der Waals surface area (Å²) in [5, 5.41) is 7.19. The smallest absolute Gasteiger partial charge is 0.416 e. The van der Waals surface area contributed by atoms with Crippen LogP contribution in [-0.2, 0) is 13.2 Å². The second kappa shape index (κ2) is 7.73. The Morgan fingerprint density at radius 3 is 2.57 bits per heavy atom. The molecule has 0 spiro atoms. The van der Waals surface area contributed by atoms with Crippen LogP contribution in [0, 0.1) is 0 Å². The van der Waals surface area contributed by atoms with Crippen molar-refractivity contribution in [2.45, 2.75) is 6.18 Å². The number of anilines is 1. The van der Waals surface area contributed by atoms with Crippen LogP contribution in [0.3, 0.4) is 0 Å². The Labute approximate surface area is 167 Å². The number of benzene rings is 2. The highest BCUT2D eigenvalue weighted by molar-refractivity contribution is 6.42. The van der Waals surface area contributed by atoms with Crippen LogP contribution in [0.25, 0.3) is 0 Å². The van der Waals surface area contributed by atoms with Gasteiger partial charge in [0.25, 0.3) is 11.8 Å². The van der Waals surface area contributed by atoms with E-state index in [1.54, 1.807) is 13.1 Å². The van der Waals surface area contributed by atoms with E-state index >= 15 is 0 Å². The number of carbonyl (C=O) groups excluding carboxylic acids is 1. The number of hydrogen-bond acceptors (Lipinski definition) is 3. The van der Waals surface area contributed by atoms with Gasteiger partial charge in [0, 0.05) is 18.9 Å². The fourth-order valence-electron chi connectivity index (χ4n) is 2.32. The third kappa shape index (κ3) is 4.58. The number of amides is 1. The Morgan fingerprint density at radius 2 is 1.89 bits per heavy atom. The molecule has 0 atom stereocenters. The summed E-state index contributed by atoms with van der Waals surface area (Å²) in [5.74, 6) is -0.815. The van der Waals surface area contributed by atoms with Gasteiger partial charge in [0.15, 0.2) is 0 Å². The Hall–Kier alpha value is -2.71. The maximum atomic E-state index is 12.9. The summed E-state index contributed by atoms with van der Waals surface area (Å²) in [6.07, 6.45) is -3.13. The first-order chi connectivity index (χ1) is 13.1. The minimum atomic E-state index is -4.52. The molecule has 5 nitrogen and oxygen atoms in total. The topological polar surface area (TPSA) is 56.2 Å². The first-order valence-electron chi connectivity index (χ1n) is 7.78. The molecule has 0 aliphatic heterocycles. The lowest BCUT2D eigenvalue weighted by Crippen LogP contribution is -2.12. The van der Waals surface area contributed by atoms with Crippen LogP contribution >= 0.6 is 23.2 Å². The molecule has 3 rings (SSSR count). The molecule has 28 heavy (non-hydrogen) atoms. The van der Waals surface area contributed by atoms with Crippen molar-refractivity contribution in [3.63, 3.8) is 0 Å². The van der Waals surface area contributed by atoms with Gasteiger partial charge in [-0.05, 0) is 36.4 Å². The molecule has 1 N–H and O–H groups in total. The van der Waals surface area contributed by atoms with Gasteiger partial charge in [-0.3, -0.25) is 9.48 Å². The van der Waals surface area contributed by atoms with Gasteiger partial charge in [-0.1, -0.05) is 29.3 Å². The monoisotopic (exact) mass is 429 g/mol. The summed E-state index contributed by atoms with van der Waals surface area (Å²) in [4.78, 5) is 12.6. The van der Waals surface area contributed by atoms with E-state index in [1.165, 1.54) is 35.1 Å². The molecule has 0 aliphatic rings. The van der Waals surface area contributed by atoms with Crippen LogP contribution in [-0.4, -0.2) is 15.7 Å². The first-order valence-corrected chi connectivity index (χ1v) is 8.54. The summed E-state index contributed by atoms with van der Waals surface area (Å²) in [7, 11) is 1.55. The zero-order valence-corrected chi connectivity index (χ0v) is 15.7. The van der Waals surface area contributed by atoms with Crippen LogP contribution in [0.5, 0.6) is 11.6 Å². The van der Waals surface area contributed by atoms with Crippen LogP contribution in [0.1, 0.15) is 15.9 Å². The van der Waals surface area contributed by atoms with Crippen molar-refractivity contribution in [2.75, 3.05) is 5.32 Å². The summed E-state index contributed by atoms with van der Waals surface area (Å²) in [6, 6.07) is 8.82. The number of hydrogen-bond donors (Lipinski definition) is 1. The number of rotatable bonds is 4. The number of aromatic nitrogens is 2. The van der Waals surface area contributed by atoms with Gasteiger partial charge in [-0.15, -0.1) is 5.10 Å². The third-order valence-corrected chi connectivity index (χ3v) is 4.33. The molecule has 0 saturated heterocycles. The van der Waals surface area contributed by atoms with E-state index in [0.29, 0.717) is 10.7 Å². The average Bonchev–Trinajstić information content (AvgIpc) is 2.98. The Balaban J connectivity index is 1.85. The number of aryl methyl sites for hydroxylation is 1. The van der Waals surface area contributed by atoms with Crippen molar-refractivity contribution in [2.24, 2.45) is 7.05 Å². The van der Waals surface area contributed by atoms with Crippen molar-refractivity contribution in [1.29, 1.82) is 0 Å². The molecule has 0 saturated carbocycles. The van der Waals surface area contributed by atoms with E-state index in [2.05, 4.69) is 10.4 Å². The molecule has 1 aromatic heterocycles.